The van der Waals surface area contributed by atoms with Crippen molar-refractivity contribution in [3.05, 3.63) is 40.9 Å². The maximum atomic E-state index is 12.7. The van der Waals surface area contributed by atoms with Gasteiger partial charge >= 0.3 is 0 Å². The lowest BCUT2D eigenvalue weighted by Crippen LogP contribution is -2.35. The van der Waals surface area contributed by atoms with E-state index in [1.165, 1.54) is 12.8 Å². The zero-order chi connectivity index (χ0) is 16.4. The monoisotopic (exact) mass is 332 g/mol. The van der Waals surface area contributed by atoms with E-state index in [-0.39, 0.29) is 11.7 Å². The van der Waals surface area contributed by atoms with Crippen molar-refractivity contribution in [2.45, 2.75) is 45.1 Å². The summed E-state index contributed by atoms with van der Waals surface area (Å²) in [4.78, 5) is 18.9. The Kier molecular flexibility index (Phi) is 4.66. The van der Waals surface area contributed by atoms with Crippen LogP contribution in [0.3, 0.4) is 0 Å². The summed E-state index contributed by atoms with van der Waals surface area (Å²) < 4.78 is 1.68. The number of nitrogens with zero attached hydrogens (tertiary/aromatic N) is 4. The number of hydrogen-bond acceptors (Lipinski definition) is 3. The Labute approximate surface area is 141 Å². The van der Waals surface area contributed by atoms with Gasteiger partial charge in [0.1, 0.15) is 5.82 Å². The maximum Gasteiger partial charge on any atom is 0.293 e. The van der Waals surface area contributed by atoms with E-state index < -0.39 is 0 Å². The molecule has 6 heteroatoms. The quantitative estimate of drug-likeness (QED) is 0.861. The number of carbonyl (C=O) groups is 1. The molecule has 1 aliphatic carbocycles. The molecule has 0 radical (unpaired) electrons. The fourth-order valence-corrected chi connectivity index (χ4v) is 3.31. The van der Waals surface area contributed by atoms with E-state index >= 15 is 0 Å². The molecule has 1 amide bonds. The predicted molar refractivity (Wildman–Crippen MR) is 90.1 cm³/mol. The first-order valence-corrected chi connectivity index (χ1v) is 8.47. The van der Waals surface area contributed by atoms with Crippen LogP contribution in [0.4, 0.5) is 0 Å². The molecule has 0 aliphatic heterocycles. The second kappa shape index (κ2) is 6.71. The largest absolute Gasteiger partial charge is 0.336 e. The number of rotatable bonds is 4. The van der Waals surface area contributed by atoms with E-state index in [1.54, 1.807) is 9.58 Å². The SMILES string of the molecule is CCc1nc(C(=O)N(C)C2CCCC2)nn1-c1ccccc1Cl. The first-order valence-electron chi connectivity index (χ1n) is 8.09. The molecule has 3 rings (SSSR count). The minimum atomic E-state index is -0.114. The Bertz CT molecular complexity index is 706. The molecule has 0 N–H and O–H groups in total. The van der Waals surface area contributed by atoms with Crippen LogP contribution in [0.5, 0.6) is 0 Å². The smallest absolute Gasteiger partial charge is 0.293 e. The number of benzene rings is 1. The molecule has 122 valence electrons. The van der Waals surface area contributed by atoms with E-state index in [4.69, 9.17) is 11.6 Å². The summed E-state index contributed by atoms with van der Waals surface area (Å²) in [5.41, 5.74) is 0.751. The van der Waals surface area contributed by atoms with Gasteiger partial charge in [0.05, 0.1) is 10.7 Å². The Morgan fingerprint density at radius 2 is 2.04 bits per heavy atom. The van der Waals surface area contributed by atoms with E-state index in [9.17, 15) is 4.79 Å². The second-order valence-electron chi connectivity index (χ2n) is 5.92. The van der Waals surface area contributed by atoms with Gasteiger partial charge in [0.15, 0.2) is 0 Å². The number of hydrogen-bond donors (Lipinski definition) is 0. The van der Waals surface area contributed by atoms with E-state index in [2.05, 4.69) is 10.1 Å². The number of para-hydroxylation sites is 1. The van der Waals surface area contributed by atoms with Gasteiger partial charge in [-0.25, -0.2) is 9.67 Å². The number of aromatic nitrogens is 3. The van der Waals surface area contributed by atoms with Gasteiger partial charge in [-0.15, -0.1) is 5.10 Å². The molecule has 0 saturated heterocycles. The van der Waals surface area contributed by atoms with Crippen LogP contribution in [0, 0.1) is 0 Å². The summed E-state index contributed by atoms with van der Waals surface area (Å²) in [5, 5.41) is 5.03. The molecule has 2 aromatic rings. The van der Waals surface area contributed by atoms with Gasteiger partial charge < -0.3 is 4.90 Å². The molecule has 0 bridgehead atoms. The number of halogens is 1. The highest BCUT2D eigenvalue weighted by molar-refractivity contribution is 6.32. The minimum Gasteiger partial charge on any atom is -0.336 e. The molecule has 1 fully saturated rings. The first-order chi connectivity index (χ1) is 11.1. The standard InChI is InChI=1S/C17H21ClN4O/c1-3-15-19-16(17(23)21(2)12-8-4-5-9-12)20-22(15)14-11-7-6-10-13(14)18/h6-7,10-12H,3-5,8-9H2,1-2H3. The summed E-state index contributed by atoms with van der Waals surface area (Å²) in [7, 11) is 1.85. The van der Waals surface area contributed by atoms with Crippen LogP contribution in [-0.2, 0) is 6.42 Å². The summed E-state index contributed by atoms with van der Waals surface area (Å²) in [5.74, 6) is 0.870. The van der Waals surface area contributed by atoms with Crippen LogP contribution in [0.2, 0.25) is 5.02 Å². The highest BCUT2D eigenvalue weighted by atomic mass is 35.5. The molecule has 0 spiro atoms. The number of amides is 1. The second-order valence-corrected chi connectivity index (χ2v) is 6.33. The van der Waals surface area contributed by atoms with E-state index in [1.807, 2.05) is 38.2 Å². The third-order valence-corrected chi connectivity index (χ3v) is 4.77. The Hall–Kier alpha value is -1.88. The summed E-state index contributed by atoms with van der Waals surface area (Å²) in [6, 6.07) is 7.76. The average Bonchev–Trinajstić information content (AvgIpc) is 3.23. The Morgan fingerprint density at radius 1 is 1.35 bits per heavy atom. The van der Waals surface area contributed by atoms with Gasteiger partial charge in [-0.1, -0.05) is 43.5 Å². The molecule has 1 saturated carbocycles. The van der Waals surface area contributed by atoms with Gasteiger partial charge in [-0.05, 0) is 25.0 Å². The molecule has 0 unspecified atom stereocenters. The van der Waals surface area contributed by atoms with Crippen molar-refractivity contribution >= 4 is 17.5 Å². The fourth-order valence-electron chi connectivity index (χ4n) is 3.10. The lowest BCUT2D eigenvalue weighted by atomic mass is 10.2. The van der Waals surface area contributed by atoms with Crippen LogP contribution in [0.1, 0.15) is 49.1 Å². The number of aryl methyl sites for hydroxylation is 1. The van der Waals surface area contributed by atoms with Crippen LogP contribution >= 0.6 is 11.6 Å². The number of carbonyl (C=O) groups excluding carboxylic acids is 1. The Morgan fingerprint density at radius 3 is 2.70 bits per heavy atom. The van der Waals surface area contributed by atoms with Crippen molar-refractivity contribution in [2.24, 2.45) is 0 Å². The van der Waals surface area contributed by atoms with Gasteiger partial charge in [-0.2, -0.15) is 0 Å². The average molecular weight is 333 g/mol. The third-order valence-electron chi connectivity index (χ3n) is 4.46. The van der Waals surface area contributed by atoms with Crippen LogP contribution in [-0.4, -0.2) is 38.7 Å². The molecule has 23 heavy (non-hydrogen) atoms. The van der Waals surface area contributed by atoms with Gasteiger partial charge in [0.2, 0.25) is 5.82 Å². The third kappa shape index (κ3) is 3.11. The molecule has 1 aliphatic rings. The van der Waals surface area contributed by atoms with Gasteiger partial charge in [0.25, 0.3) is 5.91 Å². The molecule has 1 aromatic carbocycles. The van der Waals surface area contributed by atoms with Crippen molar-refractivity contribution in [1.29, 1.82) is 0 Å². The molecule has 0 atom stereocenters. The topological polar surface area (TPSA) is 51.0 Å². The van der Waals surface area contributed by atoms with Crippen LogP contribution in [0.25, 0.3) is 5.69 Å². The van der Waals surface area contributed by atoms with Crippen LogP contribution < -0.4 is 0 Å². The maximum absolute atomic E-state index is 12.7. The predicted octanol–water partition coefficient (Wildman–Crippen LogP) is 3.50. The summed E-state index contributed by atoms with van der Waals surface area (Å²) in [6.07, 6.45) is 5.18. The van der Waals surface area contributed by atoms with Crippen molar-refractivity contribution in [3.8, 4) is 5.69 Å². The highest BCUT2D eigenvalue weighted by Crippen LogP contribution is 2.24. The summed E-state index contributed by atoms with van der Waals surface area (Å²) in [6.45, 7) is 1.99. The van der Waals surface area contributed by atoms with Crippen molar-refractivity contribution < 1.29 is 4.79 Å². The normalized spacial score (nSPS) is 15.1. The minimum absolute atomic E-state index is 0.114. The summed E-state index contributed by atoms with van der Waals surface area (Å²) >= 11 is 6.26. The van der Waals surface area contributed by atoms with Crippen LogP contribution in [0.15, 0.2) is 24.3 Å². The molecular formula is C17H21ClN4O. The van der Waals surface area contributed by atoms with Gasteiger partial charge in [0, 0.05) is 19.5 Å². The molecule has 1 aromatic heterocycles. The van der Waals surface area contributed by atoms with E-state index in [0.717, 1.165) is 24.4 Å². The zero-order valence-electron chi connectivity index (χ0n) is 13.5. The highest BCUT2D eigenvalue weighted by Gasteiger charge is 2.27. The zero-order valence-corrected chi connectivity index (χ0v) is 14.3. The van der Waals surface area contributed by atoms with Crippen molar-refractivity contribution in [2.75, 3.05) is 7.05 Å². The Balaban J connectivity index is 1.92. The molecular weight excluding hydrogens is 312 g/mol. The van der Waals surface area contributed by atoms with Crippen molar-refractivity contribution in [3.63, 3.8) is 0 Å². The molecule has 5 nitrogen and oxygen atoms in total. The van der Waals surface area contributed by atoms with Gasteiger partial charge in [-0.3, -0.25) is 4.79 Å². The lowest BCUT2D eigenvalue weighted by molar-refractivity contribution is 0.0723. The lowest BCUT2D eigenvalue weighted by Gasteiger charge is -2.22. The van der Waals surface area contributed by atoms with Crippen molar-refractivity contribution in [1.82, 2.24) is 19.7 Å². The van der Waals surface area contributed by atoms with E-state index in [0.29, 0.717) is 17.5 Å². The fraction of sp³-hybridized carbons (Fsp3) is 0.471. The molecule has 1 heterocycles. The first kappa shape index (κ1) is 16.0.